The van der Waals surface area contributed by atoms with Crippen LogP contribution in [0.3, 0.4) is 0 Å². The van der Waals surface area contributed by atoms with E-state index in [1.807, 2.05) is 0 Å². The van der Waals surface area contributed by atoms with Gasteiger partial charge in [0.05, 0.1) is 6.10 Å². The lowest BCUT2D eigenvalue weighted by Gasteiger charge is -2.52. The van der Waals surface area contributed by atoms with E-state index in [4.69, 9.17) is 4.74 Å². The first-order valence-electron chi connectivity index (χ1n) is 7.80. The molecule has 0 radical (unpaired) electrons. The van der Waals surface area contributed by atoms with E-state index in [2.05, 4.69) is 58.8 Å². The average Bonchev–Trinajstić information content (AvgIpc) is 2.30. The van der Waals surface area contributed by atoms with Gasteiger partial charge in [-0.3, -0.25) is 0 Å². The second kappa shape index (κ2) is 7.05. The van der Waals surface area contributed by atoms with E-state index < -0.39 is 0 Å². The van der Waals surface area contributed by atoms with E-state index in [0.717, 1.165) is 26.1 Å². The van der Waals surface area contributed by atoms with Crippen LogP contribution >= 0.6 is 0 Å². The Morgan fingerprint density at radius 3 is 2.37 bits per heavy atom. The summed E-state index contributed by atoms with van der Waals surface area (Å²) < 4.78 is 6.00. The summed E-state index contributed by atoms with van der Waals surface area (Å²) in [5.74, 6) is 0.627. The summed E-state index contributed by atoms with van der Waals surface area (Å²) in [5, 5.41) is 3.69. The molecule has 114 valence electrons. The number of ether oxygens (including phenoxy) is 1. The highest BCUT2D eigenvalue weighted by Gasteiger charge is 2.48. The molecule has 1 aliphatic rings. The topological polar surface area (TPSA) is 24.5 Å². The monoisotopic (exact) mass is 270 g/mol. The number of nitrogens with one attached hydrogen (secondary N) is 1. The fraction of sp³-hybridized carbons (Fsp3) is 1.00. The van der Waals surface area contributed by atoms with Gasteiger partial charge >= 0.3 is 0 Å². The van der Waals surface area contributed by atoms with Gasteiger partial charge in [-0.1, -0.05) is 27.7 Å². The molecular weight excluding hydrogens is 236 g/mol. The van der Waals surface area contributed by atoms with Gasteiger partial charge in [-0.05, 0) is 33.2 Å². The first-order chi connectivity index (χ1) is 8.75. The Labute approximate surface area is 120 Å². The number of likely N-dealkylation sites (N-methyl/N-ethyl adjacent to an activating group) is 1. The molecule has 1 rings (SSSR count). The predicted octanol–water partition coefficient (Wildman–Crippen LogP) is 2.76. The van der Waals surface area contributed by atoms with Crippen molar-refractivity contribution in [1.82, 2.24) is 10.2 Å². The summed E-state index contributed by atoms with van der Waals surface area (Å²) in [4.78, 5) is 2.38. The summed E-state index contributed by atoms with van der Waals surface area (Å²) in [7, 11) is 2.19. The number of rotatable bonds is 8. The van der Waals surface area contributed by atoms with Gasteiger partial charge in [0.2, 0.25) is 0 Å². The molecule has 1 N–H and O–H groups in total. The van der Waals surface area contributed by atoms with E-state index in [0.29, 0.717) is 24.1 Å². The molecule has 0 saturated heterocycles. The number of nitrogens with zero attached hydrogens (tertiary/aromatic N) is 1. The minimum Gasteiger partial charge on any atom is -0.377 e. The third kappa shape index (κ3) is 4.73. The molecule has 1 aliphatic carbocycles. The molecule has 0 aliphatic heterocycles. The van der Waals surface area contributed by atoms with Crippen molar-refractivity contribution in [3.8, 4) is 0 Å². The lowest BCUT2D eigenvalue weighted by Crippen LogP contribution is -2.61. The van der Waals surface area contributed by atoms with Crippen LogP contribution in [0.5, 0.6) is 0 Å². The van der Waals surface area contributed by atoms with Crippen molar-refractivity contribution in [2.24, 2.45) is 11.3 Å². The van der Waals surface area contributed by atoms with Gasteiger partial charge in [0.1, 0.15) is 0 Å². The van der Waals surface area contributed by atoms with Crippen molar-refractivity contribution in [1.29, 1.82) is 0 Å². The van der Waals surface area contributed by atoms with E-state index >= 15 is 0 Å². The van der Waals surface area contributed by atoms with Gasteiger partial charge in [-0.2, -0.15) is 0 Å². The molecule has 1 fully saturated rings. The molecule has 0 bridgehead atoms. The molecule has 0 amide bonds. The van der Waals surface area contributed by atoms with Gasteiger partial charge in [-0.25, -0.2) is 0 Å². The molecule has 3 heteroatoms. The molecule has 1 saturated carbocycles. The SMILES string of the molecule is CC(C)COC1CC(NCCN(C)C(C)C)C1(C)C. The second-order valence-corrected chi connectivity index (χ2v) is 7.35. The third-order valence-electron chi connectivity index (χ3n) is 4.55. The minimum atomic E-state index is 0.269. The normalized spacial score (nSPS) is 26.2. The van der Waals surface area contributed by atoms with Crippen LogP contribution in [-0.2, 0) is 4.74 Å². The molecule has 0 aromatic rings. The largest absolute Gasteiger partial charge is 0.377 e. The van der Waals surface area contributed by atoms with Crippen LogP contribution in [0, 0.1) is 11.3 Å². The molecule has 3 nitrogen and oxygen atoms in total. The summed E-state index contributed by atoms with van der Waals surface area (Å²) >= 11 is 0. The van der Waals surface area contributed by atoms with Crippen LogP contribution < -0.4 is 5.32 Å². The van der Waals surface area contributed by atoms with Crippen molar-refractivity contribution in [3.63, 3.8) is 0 Å². The van der Waals surface area contributed by atoms with Gasteiger partial charge in [0, 0.05) is 37.2 Å². The lowest BCUT2D eigenvalue weighted by atomic mass is 9.64. The Morgan fingerprint density at radius 1 is 1.26 bits per heavy atom. The Balaban J connectivity index is 2.23. The number of hydrogen-bond acceptors (Lipinski definition) is 3. The molecule has 19 heavy (non-hydrogen) atoms. The molecule has 2 unspecified atom stereocenters. The third-order valence-corrected chi connectivity index (χ3v) is 4.55. The Hall–Kier alpha value is -0.120. The highest BCUT2D eigenvalue weighted by molar-refractivity contribution is 5.02. The van der Waals surface area contributed by atoms with Crippen molar-refractivity contribution in [3.05, 3.63) is 0 Å². The number of hydrogen-bond donors (Lipinski definition) is 1. The van der Waals surface area contributed by atoms with Crippen LogP contribution in [-0.4, -0.2) is 49.8 Å². The van der Waals surface area contributed by atoms with Crippen LogP contribution in [0.1, 0.15) is 48.0 Å². The zero-order valence-electron chi connectivity index (χ0n) is 14.0. The molecule has 2 atom stereocenters. The average molecular weight is 270 g/mol. The predicted molar refractivity (Wildman–Crippen MR) is 82.5 cm³/mol. The first-order valence-corrected chi connectivity index (χ1v) is 7.80. The van der Waals surface area contributed by atoms with Crippen LogP contribution in [0.15, 0.2) is 0 Å². The smallest absolute Gasteiger partial charge is 0.0656 e. The maximum absolute atomic E-state index is 6.00. The van der Waals surface area contributed by atoms with Crippen molar-refractivity contribution >= 4 is 0 Å². The summed E-state index contributed by atoms with van der Waals surface area (Å²) in [6.07, 6.45) is 1.58. The van der Waals surface area contributed by atoms with Crippen molar-refractivity contribution in [2.45, 2.75) is 66.2 Å². The Kier molecular flexibility index (Phi) is 6.28. The van der Waals surface area contributed by atoms with Crippen molar-refractivity contribution < 1.29 is 4.74 Å². The van der Waals surface area contributed by atoms with Crippen LogP contribution in [0.4, 0.5) is 0 Å². The molecule has 0 aromatic carbocycles. The fourth-order valence-corrected chi connectivity index (χ4v) is 2.50. The van der Waals surface area contributed by atoms with Gasteiger partial charge < -0.3 is 15.0 Å². The Morgan fingerprint density at radius 2 is 1.89 bits per heavy atom. The molecule has 0 heterocycles. The maximum Gasteiger partial charge on any atom is 0.0656 e. The van der Waals surface area contributed by atoms with E-state index in [1.165, 1.54) is 0 Å². The highest BCUT2D eigenvalue weighted by atomic mass is 16.5. The van der Waals surface area contributed by atoms with E-state index in [9.17, 15) is 0 Å². The summed E-state index contributed by atoms with van der Waals surface area (Å²) in [6, 6.07) is 1.23. The van der Waals surface area contributed by atoms with Crippen molar-refractivity contribution in [2.75, 3.05) is 26.7 Å². The zero-order valence-corrected chi connectivity index (χ0v) is 14.0. The van der Waals surface area contributed by atoms with Gasteiger partial charge in [0.15, 0.2) is 0 Å². The summed E-state index contributed by atoms with van der Waals surface area (Å²) in [5.41, 5.74) is 0.269. The first kappa shape index (κ1) is 16.9. The van der Waals surface area contributed by atoms with Crippen LogP contribution in [0.2, 0.25) is 0 Å². The minimum absolute atomic E-state index is 0.269. The maximum atomic E-state index is 6.00. The Bertz CT molecular complexity index is 263. The lowest BCUT2D eigenvalue weighted by molar-refractivity contribution is -0.123. The quantitative estimate of drug-likeness (QED) is 0.734. The zero-order chi connectivity index (χ0) is 14.6. The summed E-state index contributed by atoms with van der Waals surface area (Å²) in [6.45, 7) is 16.6. The van der Waals surface area contributed by atoms with E-state index in [1.54, 1.807) is 0 Å². The standard InChI is InChI=1S/C16H34N2O/c1-12(2)11-19-15-10-14(16(15,5)6)17-8-9-18(7)13(3)4/h12-15,17H,8-11H2,1-7H3. The second-order valence-electron chi connectivity index (χ2n) is 7.35. The molecule has 0 spiro atoms. The van der Waals surface area contributed by atoms with Crippen LogP contribution in [0.25, 0.3) is 0 Å². The van der Waals surface area contributed by atoms with Gasteiger partial charge in [-0.15, -0.1) is 0 Å². The molecular formula is C16H34N2O. The molecule has 0 aromatic heterocycles. The highest BCUT2D eigenvalue weighted by Crippen LogP contribution is 2.42. The fourth-order valence-electron chi connectivity index (χ4n) is 2.50. The van der Waals surface area contributed by atoms with Gasteiger partial charge in [0.25, 0.3) is 0 Å². The van der Waals surface area contributed by atoms with E-state index in [-0.39, 0.29) is 5.41 Å².